The number of carbonyl (C=O) groups is 2. The summed E-state index contributed by atoms with van der Waals surface area (Å²) in [6.45, 7) is 3.52. The molecule has 9 heteroatoms. The molecular formula is C11H15N5O3S. The fourth-order valence-corrected chi connectivity index (χ4v) is 2.02. The van der Waals surface area contributed by atoms with E-state index in [1.54, 1.807) is 32.3 Å². The van der Waals surface area contributed by atoms with Gasteiger partial charge in [-0.1, -0.05) is 11.8 Å². The molecule has 0 aliphatic carbocycles. The molecule has 1 atom stereocenters. The number of thioether (sulfide) groups is 1. The van der Waals surface area contributed by atoms with Crippen molar-refractivity contribution in [1.82, 2.24) is 15.4 Å². The molecular weight excluding hydrogens is 282 g/mol. The number of nitrogens with two attached hydrogens (primary N) is 1. The second kappa shape index (κ2) is 8.10. The molecule has 0 fully saturated rings. The Morgan fingerprint density at radius 2 is 2.15 bits per heavy atom. The summed E-state index contributed by atoms with van der Waals surface area (Å²) in [5, 5.41) is 3.38. The first-order valence-corrected chi connectivity index (χ1v) is 6.62. The second-order valence-electron chi connectivity index (χ2n) is 3.51. The fourth-order valence-electron chi connectivity index (χ4n) is 1.18. The summed E-state index contributed by atoms with van der Waals surface area (Å²) in [4.78, 5) is 30.6. The Labute approximate surface area is 120 Å². The van der Waals surface area contributed by atoms with E-state index in [-0.39, 0.29) is 6.61 Å². The van der Waals surface area contributed by atoms with Gasteiger partial charge in [0, 0.05) is 12.4 Å². The maximum absolute atomic E-state index is 11.9. The van der Waals surface area contributed by atoms with Gasteiger partial charge in [-0.3, -0.25) is 4.79 Å². The summed E-state index contributed by atoms with van der Waals surface area (Å²) in [7, 11) is 0. The van der Waals surface area contributed by atoms with Gasteiger partial charge in [-0.15, -0.1) is 0 Å². The van der Waals surface area contributed by atoms with E-state index in [0.29, 0.717) is 10.9 Å². The second-order valence-corrected chi connectivity index (χ2v) is 4.58. The van der Waals surface area contributed by atoms with Crippen LogP contribution in [0, 0.1) is 0 Å². The van der Waals surface area contributed by atoms with Crippen LogP contribution in [-0.2, 0) is 9.53 Å². The number of urea groups is 1. The van der Waals surface area contributed by atoms with Crippen molar-refractivity contribution in [3.8, 4) is 0 Å². The summed E-state index contributed by atoms with van der Waals surface area (Å²) in [5.74, 6) is -0.488. The number of hydrazone groups is 1. The molecule has 1 heterocycles. The normalized spacial score (nSPS) is 12.6. The third-order valence-corrected chi connectivity index (χ3v) is 3.18. The number of ether oxygens (including phenoxy) is 1. The number of aromatic nitrogens is 2. The number of hydrogen-bond acceptors (Lipinski definition) is 7. The van der Waals surface area contributed by atoms with Crippen LogP contribution in [0.3, 0.4) is 0 Å². The summed E-state index contributed by atoms with van der Waals surface area (Å²) in [5.41, 5.74) is 7.33. The van der Waals surface area contributed by atoms with Crippen LogP contribution in [-0.4, -0.2) is 39.5 Å². The van der Waals surface area contributed by atoms with Gasteiger partial charge in [-0.05, 0) is 19.9 Å². The minimum absolute atomic E-state index is 0.238. The molecule has 1 unspecified atom stereocenters. The van der Waals surface area contributed by atoms with Gasteiger partial charge >= 0.3 is 12.0 Å². The first-order valence-electron chi connectivity index (χ1n) is 5.74. The average molecular weight is 297 g/mol. The minimum atomic E-state index is -0.812. The molecule has 0 saturated carbocycles. The number of esters is 1. The van der Waals surface area contributed by atoms with Gasteiger partial charge in [0.1, 0.15) is 5.25 Å². The van der Waals surface area contributed by atoms with Gasteiger partial charge < -0.3 is 10.5 Å². The SMILES string of the molecule is CCOC(=O)C(Sc1ncccn1)/C(C)=N\NC(N)=O. The monoisotopic (exact) mass is 297 g/mol. The number of rotatable bonds is 6. The van der Waals surface area contributed by atoms with Crippen LogP contribution in [0.4, 0.5) is 4.79 Å². The number of nitrogens with zero attached hydrogens (tertiary/aromatic N) is 3. The van der Waals surface area contributed by atoms with Gasteiger partial charge in [-0.25, -0.2) is 20.2 Å². The molecule has 2 amide bonds. The highest BCUT2D eigenvalue weighted by atomic mass is 32.2. The van der Waals surface area contributed by atoms with Crippen molar-refractivity contribution in [1.29, 1.82) is 0 Å². The third-order valence-electron chi connectivity index (χ3n) is 1.99. The Kier molecular flexibility index (Phi) is 6.44. The van der Waals surface area contributed by atoms with Gasteiger partial charge in [-0.2, -0.15) is 5.10 Å². The number of primary amides is 1. The highest BCUT2D eigenvalue weighted by Crippen LogP contribution is 2.21. The van der Waals surface area contributed by atoms with E-state index < -0.39 is 17.3 Å². The topological polar surface area (TPSA) is 120 Å². The lowest BCUT2D eigenvalue weighted by Gasteiger charge is -2.13. The smallest absolute Gasteiger partial charge is 0.332 e. The predicted octanol–water partition coefficient (Wildman–Crippen LogP) is 0.545. The molecule has 1 aromatic rings. The van der Waals surface area contributed by atoms with Crippen molar-refractivity contribution in [3.63, 3.8) is 0 Å². The molecule has 0 saturated heterocycles. The molecule has 3 N–H and O–H groups in total. The molecule has 20 heavy (non-hydrogen) atoms. The van der Waals surface area contributed by atoms with Crippen molar-refractivity contribution in [2.75, 3.05) is 6.61 Å². The Balaban J connectivity index is 2.87. The largest absolute Gasteiger partial charge is 0.465 e. The Hall–Kier alpha value is -2.16. The quantitative estimate of drug-likeness (QED) is 0.260. The van der Waals surface area contributed by atoms with Gasteiger partial charge in [0.25, 0.3) is 0 Å². The molecule has 0 aromatic carbocycles. The third kappa shape index (κ3) is 5.22. The Morgan fingerprint density at radius 1 is 1.50 bits per heavy atom. The average Bonchev–Trinajstić information content (AvgIpc) is 2.43. The lowest BCUT2D eigenvalue weighted by molar-refractivity contribution is -0.141. The van der Waals surface area contributed by atoms with Crippen LogP contribution in [0.25, 0.3) is 0 Å². The number of amides is 2. The van der Waals surface area contributed by atoms with Crippen molar-refractivity contribution in [2.45, 2.75) is 24.3 Å². The summed E-state index contributed by atoms with van der Waals surface area (Å²) in [6.07, 6.45) is 3.12. The first-order chi connectivity index (χ1) is 9.54. The zero-order valence-corrected chi connectivity index (χ0v) is 11.9. The Bertz CT molecular complexity index is 494. The first kappa shape index (κ1) is 15.9. The molecule has 0 bridgehead atoms. The van der Waals surface area contributed by atoms with Gasteiger partial charge in [0.05, 0.1) is 12.3 Å². The molecule has 1 aromatic heterocycles. The van der Waals surface area contributed by atoms with Crippen molar-refractivity contribution < 1.29 is 14.3 Å². The van der Waals surface area contributed by atoms with E-state index in [4.69, 9.17) is 10.5 Å². The standard InChI is InChI=1S/C11H15N5O3S/c1-3-19-9(17)8(7(2)15-16-10(12)18)20-11-13-5-4-6-14-11/h4-6,8H,3H2,1-2H3,(H3,12,16,18)/b15-7-. The van der Waals surface area contributed by atoms with Crippen molar-refractivity contribution >= 4 is 29.5 Å². The number of nitrogens with one attached hydrogen (secondary N) is 1. The molecule has 108 valence electrons. The van der Waals surface area contributed by atoms with E-state index in [1.165, 1.54) is 0 Å². The highest BCUT2D eigenvalue weighted by Gasteiger charge is 2.26. The number of carbonyl (C=O) groups excluding carboxylic acids is 2. The Morgan fingerprint density at radius 3 is 2.70 bits per heavy atom. The molecule has 0 radical (unpaired) electrons. The minimum Gasteiger partial charge on any atom is -0.465 e. The fraction of sp³-hybridized carbons (Fsp3) is 0.364. The van der Waals surface area contributed by atoms with Crippen molar-refractivity contribution in [2.24, 2.45) is 10.8 Å². The van der Waals surface area contributed by atoms with Gasteiger partial charge in [0.15, 0.2) is 5.16 Å². The molecule has 0 aliphatic rings. The van der Waals surface area contributed by atoms with Crippen LogP contribution >= 0.6 is 11.8 Å². The van der Waals surface area contributed by atoms with Gasteiger partial charge in [0.2, 0.25) is 0 Å². The zero-order valence-electron chi connectivity index (χ0n) is 11.1. The maximum atomic E-state index is 11.9. The molecule has 1 rings (SSSR count). The van der Waals surface area contributed by atoms with E-state index in [9.17, 15) is 9.59 Å². The van der Waals surface area contributed by atoms with Crippen molar-refractivity contribution in [3.05, 3.63) is 18.5 Å². The zero-order chi connectivity index (χ0) is 15.0. The molecule has 8 nitrogen and oxygen atoms in total. The van der Waals surface area contributed by atoms with Crippen LogP contribution in [0.15, 0.2) is 28.7 Å². The van der Waals surface area contributed by atoms with E-state index >= 15 is 0 Å². The highest BCUT2D eigenvalue weighted by molar-refractivity contribution is 8.01. The molecule has 0 aliphatic heterocycles. The summed E-state index contributed by atoms with van der Waals surface area (Å²) in [6, 6.07) is 0.854. The van der Waals surface area contributed by atoms with Crippen LogP contribution in [0.2, 0.25) is 0 Å². The molecule has 0 spiro atoms. The lowest BCUT2D eigenvalue weighted by Crippen LogP contribution is -2.32. The van der Waals surface area contributed by atoms with E-state index in [1.807, 2.05) is 0 Å². The van der Waals surface area contributed by atoms with E-state index in [0.717, 1.165) is 11.8 Å². The number of hydrogen-bond donors (Lipinski definition) is 2. The van der Waals surface area contributed by atoms with Crippen LogP contribution in [0.1, 0.15) is 13.8 Å². The van der Waals surface area contributed by atoms with Crippen LogP contribution < -0.4 is 11.2 Å². The van der Waals surface area contributed by atoms with Crippen LogP contribution in [0.5, 0.6) is 0 Å². The van der Waals surface area contributed by atoms with E-state index in [2.05, 4.69) is 20.5 Å². The summed E-state index contributed by atoms with van der Waals surface area (Å²) >= 11 is 1.08. The summed E-state index contributed by atoms with van der Waals surface area (Å²) < 4.78 is 4.96. The predicted molar refractivity (Wildman–Crippen MR) is 74.1 cm³/mol. The lowest BCUT2D eigenvalue weighted by atomic mass is 10.3. The maximum Gasteiger partial charge on any atom is 0.332 e.